The first-order valence-electron chi connectivity index (χ1n) is 1.84. The Morgan fingerprint density at radius 2 is 1.50 bits per heavy atom. The van der Waals surface area contributed by atoms with Gasteiger partial charge in [-0.05, 0) is 6.92 Å². The molecule has 0 aliphatic rings. The third-order valence-corrected chi connectivity index (χ3v) is 0.596. The summed E-state index contributed by atoms with van der Waals surface area (Å²) in [6.45, 7) is 2.84. The smallest absolute Gasteiger partial charge is 0.317 e. The number of rotatable bonds is 2. The van der Waals surface area contributed by atoms with Crippen LogP contribution >= 0.6 is 0 Å². The second kappa shape index (κ2) is 2.30. The first kappa shape index (κ1) is 6.94. The minimum atomic E-state index is -1.55. The van der Waals surface area contributed by atoms with Crippen molar-refractivity contribution in [1.29, 1.82) is 0 Å². The molecule has 2 N–H and O–H groups in total. The number of carbonyl (C=O) groups is 2. The van der Waals surface area contributed by atoms with Gasteiger partial charge in [0, 0.05) is 0 Å². The maximum absolute atomic E-state index is 9.70. The second-order valence-corrected chi connectivity index (χ2v) is 1.23. The molecule has 0 unspecified atom stereocenters. The van der Waals surface area contributed by atoms with E-state index in [9.17, 15) is 9.59 Å². The van der Waals surface area contributed by atoms with Crippen LogP contribution in [-0.2, 0) is 9.59 Å². The van der Waals surface area contributed by atoms with Crippen molar-refractivity contribution in [2.75, 3.05) is 0 Å². The lowest BCUT2D eigenvalue weighted by Crippen LogP contribution is -2.19. The number of hydrogen-bond acceptors (Lipinski definition) is 2. The molecule has 0 heterocycles. The molecule has 0 amide bonds. The molecule has 0 aliphatic carbocycles. The van der Waals surface area contributed by atoms with Crippen molar-refractivity contribution in [1.82, 2.24) is 0 Å². The van der Waals surface area contributed by atoms with E-state index in [1.54, 1.807) is 0 Å². The van der Waals surface area contributed by atoms with E-state index in [0.29, 0.717) is 0 Å². The van der Waals surface area contributed by atoms with E-state index < -0.39 is 17.9 Å². The Kier molecular flexibility index (Phi) is 1.99. The van der Waals surface area contributed by atoms with Gasteiger partial charge in [-0.3, -0.25) is 9.59 Å². The number of carboxylic acid groups (broad SMARTS) is 2. The zero-order chi connectivity index (χ0) is 6.73. The standard InChI is InChI=1S/C4H5O4/c1-2(3(5)6)4(7)8/h2H,1H2,(H,5,6)(H,7,8). The Morgan fingerprint density at radius 3 is 1.50 bits per heavy atom. The van der Waals surface area contributed by atoms with Gasteiger partial charge in [-0.1, -0.05) is 0 Å². The molecule has 45 valence electrons. The van der Waals surface area contributed by atoms with Crippen LogP contribution < -0.4 is 0 Å². The van der Waals surface area contributed by atoms with Crippen LogP contribution in [0.4, 0.5) is 0 Å². The zero-order valence-electron chi connectivity index (χ0n) is 4.00. The maximum atomic E-state index is 9.70. The third-order valence-electron chi connectivity index (χ3n) is 0.596. The highest BCUT2D eigenvalue weighted by atomic mass is 16.4. The maximum Gasteiger partial charge on any atom is 0.317 e. The van der Waals surface area contributed by atoms with E-state index in [-0.39, 0.29) is 0 Å². The average Bonchev–Trinajstić information content (AvgIpc) is 1.64. The van der Waals surface area contributed by atoms with Crippen LogP contribution in [0.2, 0.25) is 0 Å². The Balaban J connectivity index is 3.83. The Bertz CT molecular complexity index is 103. The largest absolute Gasteiger partial charge is 0.481 e. The van der Waals surface area contributed by atoms with Crippen molar-refractivity contribution >= 4 is 11.9 Å². The SMILES string of the molecule is [CH2]C(C(=O)O)C(=O)O. The van der Waals surface area contributed by atoms with E-state index in [2.05, 4.69) is 6.92 Å². The first-order chi connectivity index (χ1) is 3.55. The fraction of sp³-hybridized carbons (Fsp3) is 0.250. The van der Waals surface area contributed by atoms with Crippen molar-refractivity contribution in [3.8, 4) is 0 Å². The Labute approximate surface area is 45.7 Å². The third kappa shape index (κ3) is 1.59. The summed E-state index contributed by atoms with van der Waals surface area (Å²) < 4.78 is 0. The number of aliphatic carboxylic acids is 2. The van der Waals surface area contributed by atoms with Gasteiger partial charge in [0.15, 0.2) is 5.92 Å². The van der Waals surface area contributed by atoms with Gasteiger partial charge in [0.2, 0.25) is 0 Å². The molecule has 0 rings (SSSR count). The lowest BCUT2D eigenvalue weighted by atomic mass is 10.2. The van der Waals surface area contributed by atoms with Gasteiger partial charge >= 0.3 is 11.9 Å². The average molecular weight is 117 g/mol. The lowest BCUT2D eigenvalue weighted by Gasteiger charge is -1.94. The minimum Gasteiger partial charge on any atom is -0.481 e. The highest BCUT2D eigenvalue weighted by molar-refractivity contribution is 5.93. The van der Waals surface area contributed by atoms with Gasteiger partial charge in [-0.2, -0.15) is 0 Å². The molecular weight excluding hydrogens is 112 g/mol. The summed E-state index contributed by atoms with van der Waals surface area (Å²) in [7, 11) is 0. The van der Waals surface area contributed by atoms with Gasteiger partial charge in [0.1, 0.15) is 0 Å². The summed E-state index contributed by atoms with van der Waals surface area (Å²) >= 11 is 0. The molecule has 0 spiro atoms. The number of hydrogen-bond donors (Lipinski definition) is 2. The van der Waals surface area contributed by atoms with Gasteiger partial charge in [0.05, 0.1) is 0 Å². The molecule has 0 saturated heterocycles. The minimum absolute atomic E-state index is 1.42. The molecule has 0 aromatic heterocycles. The predicted octanol–water partition coefficient (Wildman–Crippen LogP) is -0.394. The van der Waals surface area contributed by atoms with Crippen LogP contribution in [0, 0.1) is 12.8 Å². The van der Waals surface area contributed by atoms with Crippen LogP contribution in [0.3, 0.4) is 0 Å². The molecule has 0 aromatic carbocycles. The summed E-state index contributed by atoms with van der Waals surface area (Å²) in [5.74, 6) is -4.38. The topological polar surface area (TPSA) is 74.6 Å². The highest BCUT2D eigenvalue weighted by Gasteiger charge is 2.18. The lowest BCUT2D eigenvalue weighted by molar-refractivity contribution is -0.152. The van der Waals surface area contributed by atoms with Crippen molar-refractivity contribution in [2.45, 2.75) is 0 Å². The summed E-state index contributed by atoms with van der Waals surface area (Å²) in [6, 6.07) is 0. The molecule has 4 nitrogen and oxygen atoms in total. The molecule has 0 bridgehead atoms. The number of carboxylic acids is 2. The van der Waals surface area contributed by atoms with Crippen molar-refractivity contribution < 1.29 is 19.8 Å². The fourth-order valence-corrected chi connectivity index (χ4v) is 0.106. The summed E-state index contributed by atoms with van der Waals surface area (Å²) in [5, 5.41) is 15.8. The van der Waals surface area contributed by atoms with Crippen LogP contribution in [0.25, 0.3) is 0 Å². The molecule has 0 saturated carbocycles. The van der Waals surface area contributed by atoms with Crippen LogP contribution in [0.5, 0.6) is 0 Å². The summed E-state index contributed by atoms with van der Waals surface area (Å²) in [4.78, 5) is 19.4. The molecule has 0 aliphatic heterocycles. The molecule has 0 aromatic rings. The van der Waals surface area contributed by atoms with Gasteiger partial charge < -0.3 is 10.2 Å². The quantitative estimate of drug-likeness (QED) is 0.483. The van der Waals surface area contributed by atoms with E-state index >= 15 is 0 Å². The van der Waals surface area contributed by atoms with Gasteiger partial charge in [-0.25, -0.2) is 0 Å². The van der Waals surface area contributed by atoms with Gasteiger partial charge in [0.25, 0.3) is 0 Å². The zero-order valence-corrected chi connectivity index (χ0v) is 4.00. The van der Waals surface area contributed by atoms with E-state index in [1.807, 2.05) is 0 Å². The fourth-order valence-electron chi connectivity index (χ4n) is 0.106. The molecule has 8 heavy (non-hydrogen) atoms. The van der Waals surface area contributed by atoms with Crippen LogP contribution in [-0.4, -0.2) is 22.2 Å². The van der Waals surface area contributed by atoms with E-state index in [1.165, 1.54) is 0 Å². The molecule has 0 fully saturated rings. The second-order valence-electron chi connectivity index (χ2n) is 1.23. The Hall–Kier alpha value is -1.06. The Morgan fingerprint density at radius 1 is 1.25 bits per heavy atom. The van der Waals surface area contributed by atoms with E-state index in [4.69, 9.17) is 10.2 Å². The first-order valence-corrected chi connectivity index (χ1v) is 1.84. The molecule has 1 radical (unpaired) electrons. The monoisotopic (exact) mass is 117 g/mol. The van der Waals surface area contributed by atoms with Gasteiger partial charge in [-0.15, -0.1) is 0 Å². The normalized spacial score (nSPS) is 9.25. The molecular formula is C4H5O4. The summed E-state index contributed by atoms with van der Waals surface area (Å²) in [6.07, 6.45) is 0. The molecule has 0 atom stereocenters. The molecule has 4 heteroatoms. The highest BCUT2D eigenvalue weighted by Crippen LogP contribution is 1.90. The summed E-state index contributed by atoms with van der Waals surface area (Å²) in [5.41, 5.74) is 0. The van der Waals surface area contributed by atoms with Crippen molar-refractivity contribution in [3.63, 3.8) is 0 Å². The van der Waals surface area contributed by atoms with Crippen LogP contribution in [0.15, 0.2) is 0 Å². The predicted molar refractivity (Wildman–Crippen MR) is 24.1 cm³/mol. The van der Waals surface area contributed by atoms with E-state index in [0.717, 1.165) is 0 Å². The van der Waals surface area contributed by atoms with Crippen molar-refractivity contribution in [3.05, 3.63) is 6.92 Å². The van der Waals surface area contributed by atoms with Crippen LogP contribution in [0.1, 0.15) is 0 Å². The van der Waals surface area contributed by atoms with Crippen molar-refractivity contribution in [2.24, 2.45) is 5.92 Å².